The molecule has 0 amide bonds. The predicted molar refractivity (Wildman–Crippen MR) is 37.9 cm³/mol. The van der Waals surface area contributed by atoms with Gasteiger partial charge in [0.15, 0.2) is 0 Å². The molecular formula is C6H12S. The molecule has 0 nitrogen and oxygen atoms in total. The van der Waals surface area contributed by atoms with Gasteiger partial charge >= 0.3 is 0 Å². The van der Waals surface area contributed by atoms with Crippen molar-refractivity contribution in [3.05, 3.63) is 12.2 Å². The third-order valence-electron chi connectivity index (χ3n) is 1.04. The molecule has 7 heavy (non-hydrogen) atoms. The third kappa shape index (κ3) is 2.75. The first kappa shape index (κ1) is 7.09. The molecule has 0 aliphatic heterocycles. The zero-order valence-electron chi connectivity index (χ0n) is 5.15. The second-order valence-electron chi connectivity index (χ2n) is 2.34. The molecule has 0 fully saturated rings. The molecule has 0 saturated carbocycles. The van der Waals surface area contributed by atoms with Crippen molar-refractivity contribution in [1.82, 2.24) is 0 Å². The van der Waals surface area contributed by atoms with Crippen molar-refractivity contribution in [2.75, 3.05) is 0 Å². The zero-order valence-corrected chi connectivity index (χ0v) is 6.05. The molecule has 0 atom stereocenters. The van der Waals surface area contributed by atoms with Gasteiger partial charge in [0.1, 0.15) is 0 Å². The fourth-order valence-corrected chi connectivity index (χ4v) is 0. The number of thiol groups is 1. The van der Waals surface area contributed by atoms with Gasteiger partial charge in [-0.3, -0.25) is 0 Å². The monoisotopic (exact) mass is 116 g/mol. The molecule has 0 aromatic rings. The van der Waals surface area contributed by atoms with E-state index < -0.39 is 0 Å². The van der Waals surface area contributed by atoms with Crippen LogP contribution in [0, 0.1) is 0 Å². The summed E-state index contributed by atoms with van der Waals surface area (Å²) in [6, 6.07) is 0. The lowest BCUT2D eigenvalue weighted by Gasteiger charge is -2.15. The number of hydrogen-bond acceptors (Lipinski definition) is 1. The standard InChI is InChI=1S/C6H12S/c1-5(2)6(3,4)7/h7H,1H2,2-4H3. The van der Waals surface area contributed by atoms with Gasteiger partial charge in [0.25, 0.3) is 0 Å². The molecule has 0 saturated heterocycles. The van der Waals surface area contributed by atoms with Crippen LogP contribution in [-0.4, -0.2) is 4.75 Å². The Morgan fingerprint density at radius 2 is 1.71 bits per heavy atom. The fraction of sp³-hybridized carbons (Fsp3) is 0.667. The van der Waals surface area contributed by atoms with Crippen LogP contribution in [0.25, 0.3) is 0 Å². The highest BCUT2D eigenvalue weighted by Crippen LogP contribution is 2.19. The van der Waals surface area contributed by atoms with E-state index in [1.54, 1.807) is 0 Å². The van der Waals surface area contributed by atoms with Crippen LogP contribution in [0.1, 0.15) is 20.8 Å². The van der Waals surface area contributed by atoms with Crippen molar-refractivity contribution < 1.29 is 0 Å². The Kier molecular flexibility index (Phi) is 1.93. The molecule has 0 aromatic heterocycles. The normalized spacial score (nSPS) is 11.4. The van der Waals surface area contributed by atoms with Gasteiger partial charge in [0.2, 0.25) is 0 Å². The van der Waals surface area contributed by atoms with Gasteiger partial charge in [-0.15, -0.1) is 0 Å². The van der Waals surface area contributed by atoms with Gasteiger partial charge in [0.05, 0.1) is 0 Å². The SMILES string of the molecule is C=C(C)C(C)(C)S. The molecular weight excluding hydrogens is 104 g/mol. The van der Waals surface area contributed by atoms with E-state index in [0.717, 1.165) is 5.57 Å². The highest BCUT2D eigenvalue weighted by atomic mass is 32.1. The molecule has 0 spiro atoms. The smallest absolute Gasteiger partial charge is 0.0276 e. The van der Waals surface area contributed by atoms with Gasteiger partial charge in [-0.25, -0.2) is 0 Å². The van der Waals surface area contributed by atoms with E-state index in [0.29, 0.717) is 0 Å². The van der Waals surface area contributed by atoms with Gasteiger partial charge in [-0.05, 0) is 20.8 Å². The van der Waals surface area contributed by atoms with Crippen molar-refractivity contribution in [2.24, 2.45) is 0 Å². The molecule has 42 valence electrons. The van der Waals surface area contributed by atoms with Crippen LogP contribution in [-0.2, 0) is 0 Å². The maximum Gasteiger partial charge on any atom is 0.0276 e. The summed E-state index contributed by atoms with van der Waals surface area (Å²) in [5.74, 6) is 0. The summed E-state index contributed by atoms with van der Waals surface area (Å²) in [6.45, 7) is 9.78. The average molecular weight is 116 g/mol. The molecule has 0 heterocycles. The Bertz CT molecular complexity index is 76.7. The maximum absolute atomic E-state index is 4.25. The highest BCUT2D eigenvalue weighted by molar-refractivity contribution is 7.82. The maximum atomic E-state index is 4.25. The van der Waals surface area contributed by atoms with Gasteiger partial charge in [0, 0.05) is 4.75 Å². The van der Waals surface area contributed by atoms with Crippen LogP contribution in [0.5, 0.6) is 0 Å². The highest BCUT2D eigenvalue weighted by Gasteiger charge is 2.09. The molecule has 0 aliphatic carbocycles. The van der Waals surface area contributed by atoms with E-state index in [2.05, 4.69) is 19.2 Å². The van der Waals surface area contributed by atoms with Crippen LogP contribution in [0.15, 0.2) is 12.2 Å². The quantitative estimate of drug-likeness (QED) is 0.394. The molecule has 1 heteroatoms. The second-order valence-corrected chi connectivity index (χ2v) is 3.46. The van der Waals surface area contributed by atoms with Crippen molar-refractivity contribution in [1.29, 1.82) is 0 Å². The summed E-state index contributed by atoms with van der Waals surface area (Å²) in [6.07, 6.45) is 0. The lowest BCUT2D eigenvalue weighted by molar-refractivity contribution is 0.846. The van der Waals surface area contributed by atoms with E-state index in [1.807, 2.05) is 20.8 Å². The topological polar surface area (TPSA) is 0 Å². The Balaban J connectivity index is 3.79. The van der Waals surface area contributed by atoms with E-state index >= 15 is 0 Å². The molecule has 0 bridgehead atoms. The van der Waals surface area contributed by atoms with Crippen molar-refractivity contribution in [3.8, 4) is 0 Å². The lowest BCUT2D eigenvalue weighted by Crippen LogP contribution is -2.09. The second kappa shape index (κ2) is 1.91. The van der Waals surface area contributed by atoms with Crippen LogP contribution in [0.2, 0.25) is 0 Å². The van der Waals surface area contributed by atoms with Crippen LogP contribution in [0.4, 0.5) is 0 Å². The lowest BCUT2D eigenvalue weighted by atomic mass is 10.1. The summed E-state index contributed by atoms with van der Waals surface area (Å²) in [7, 11) is 0. The zero-order chi connectivity index (χ0) is 6.08. The van der Waals surface area contributed by atoms with Crippen LogP contribution >= 0.6 is 12.6 Å². The molecule has 0 rings (SSSR count). The Morgan fingerprint density at radius 1 is 1.57 bits per heavy atom. The molecule has 0 radical (unpaired) electrons. The third-order valence-corrected chi connectivity index (χ3v) is 1.43. The van der Waals surface area contributed by atoms with Crippen molar-refractivity contribution in [2.45, 2.75) is 25.5 Å². The summed E-state index contributed by atoms with van der Waals surface area (Å²) >= 11 is 4.25. The molecule has 0 aliphatic rings. The van der Waals surface area contributed by atoms with E-state index in [4.69, 9.17) is 0 Å². The van der Waals surface area contributed by atoms with Gasteiger partial charge in [-0.1, -0.05) is 12.2 Å². The van der Waals surface area contributed by atoms with Crippen LogP contribution in [0.3, 0.4) is 0 Å². The number of hydrogen-bond donors (Lipinski definition) is 1. The summed E-state index contributed by atoms with van der Waals surface area (Å²) < 4.78 is 0. The minimum absolute atomic E-state index is 0. The average Bonchev–Trinajstić information content (AvgIpc) is 1.31. The predicted octanol–water partition coefficient (Wildman–Crippen LogP) is 2.27. The first-order valence-corrected chi connectivity index (χ1v) is 2.77. The van der Waals surface area contributed by atoms with Crippen molar-refractivity contribution in [3.63, 3.8) is 0 Å². The number of rotatable bonds is 1. The first-order valence-electron chi connectivity index (χ1n) is 2.33. The minimum Gasteiger partial charge on any atom is -0.169 e. The van der Waals surface area contributed by atoms with Crippen molar-refractivity contribution >= 4 is 12.6 Å². The summed E-state index contributed by atoms with van der Waals surface area (Å²) in [5, 5.41) is 0. The molecule has 0 N–H and O–H groups in total. The van der Waals surface area contributed by atoms with E-state index in [-0.39, 0.29) is 4.75 Å². The fourth-order valence-electron chi connectivity index (χ4n) is 0. The first-order chi connectivity index (χ1) is 2.94. The Labute approximate surface area is 51.0 Å². The van der Waals surface area contributed by atoms with Crippen LogP contribution < -0.4 is 0 Å². The molecule has 0 aromatic carbocycles. The summed E-state index contributed by atoms with van der Waals surface area (Å²) in [4.78, 5) is 0. The Morgan fingerprint density at radius 3 is 1.71 bits per heavy atom. The van der Waals surface area contributed by atoms with E-state index in [1.165, 1.54) is 0 Å². The minimum atomic E-state index is 0. The molecule has 0 unspecified atom stereocenters. The van der Waals surface area contributed by atoms with E-state index in [9.17, 15) is 0 Å². The van der Waals surface area contributed by atoms with Gasteiger partial charge < -0.3 is 0 Å². The Hall–Kier alpha value is 0.0900. The van der Waals surface area contributed by atoms with Gasteiger partial charge in [-0.2, -0.15) is 12.6 Å². The largest absolute Gasteiger partial charge is 0.169 e. The summed E-state index contributed by atoms with van der Waals surface area (Å²) in [5.41, 5.74) is 1.11.